The van der Waals surface area contributed by atoms with Crippen LogP contribution in [0.5, 0.6) is 11.5 Å². The first-order chi connectivity index (χ1) is 9.81. The van der Waals surface area contributed by atoms with Crippen molar-refractivity contribution in [3.05, 3.63) is 50.2 Å². The molecule has 4 nitrogen and oxygen atoms in total. The van der Waals surface area contributed by atoms with Gasteiger partial charge in [0.05, 0.1) is 15.7 Å². The summed E-state index contributed by atoms with van der Waals surface area (Å²) in [7, 11) is 0. The summed E-state index contributed by atoms with van der Waals surface area (Å²) in [5.41, 5.74) is 4.43. The molecule has 0 fully saturated rings. The molecule has 2 rings (SSSR count). The van der Waals surface area contributed by atoms with Gasteiger partial charge in [0, 0.05) is 10.5 Å². The molecule has 0 saturated heterocycles. The summed E-state index contributed by atoms with van der Waals surface area (Å²) < 4.78 is 19.3. The highest BCUT2D eigenvalue weighted by Crippen LogP contribution is 2.38. The fourth-order valence-electron chi connectivity index (χ4n) is 1.58. The number of halogens is 4. The Bertz CT molecular complexity index is 740. The first-order valence-electron chi connectivity index (χ1n) is 5.45. The molecule has 21 heavy (non-hydrogen) atoms. The van der Waals surface area contributed by atoms with Crippen LogP contribution >= 0.6 is 39.1 Å². The standard InChI is InChI=1S/C13H7BrCl2FNO3/c14-5-3-7(16)10(4-6(5)15)21-9-2-1-8(17)12(18)11(9)13(19)20/h1-4H,18H2,(H,19,20). The Hall–Kier alpha value is -1.50. The molecule has 0 radical (unpaired) electrons. The van der Waals surface area contributed by atoms with E-state index in [0.29, 0.717) is 9.50 Å². The number of benzene rings is 2. The molecule has 3 N–H and O–H groups in total. The number of hydrogen-bond acceptors (Lipinski definition) is 3. The Balaban J connectivity index is 2.52. The Morgan fingerprint density at radius 3 is 2.52 bits per heavy atom. The lowest BCUT2D eigenvalue weighted by atomic mass is 10.1. The summed E-state index contributed by atoms with van der Waals surface area (Å²) >= 11 is 15.1. The first kappa shape index (κ1) is 15.9. The summed E-state index contributed by atoms with van der Waals surface area (Å²) in [6.45, 7) is 0. The molecule has 0 unspecified atom stereocenters. The van der Waals surface area contributed by atoms with Crippen molar-refractivity contribution in [2.45, 2.75) is 0 Å². The van der Waals surface area contributed by atoms with Gasteiger partial charge in [0.25, 0.3) is 0 Å². The number of aromatic carboxylic acids is 1. The normalized spacial score (nSPS) is 10.5. The molecule has 2 aromatic carbocycles. The monoisotopic (exact) mass is 393 g/mol. The number of carboxylic acids is 1. The van der Waals surface area contributed by atoms with Gasteiger partial charge >= 0.3 is 5.97 Å². The van der Waals surface area contributed by atoms with Crippen molar-refractivity contribution in [1.82, 2.24) is 0 Å². The maximum atomic E-state index is 13.4. The van der Waals surface area contributed by atoms with Crippen molar-refractivity contribution in [2.75, 3.05) is 5.73 Å². The fourth-order valence-corrected chi connectivity index (χ4v) is 2.41. The molecule has 0 aliphatic carbocycles. The number of ether oxygens (including phenoxy) is 1. The number of nitrogen functional groups attached to an aromatic ring is 1. The molecule has 0 aliphatic heterocycles. The largest absolute Gasteiger partial charge is 0.477 e. The fraction of sp³-hybridized carbons (Fsp3) is 0. The molecule has 0 bridgehead atoms. The lowest BCUT2D eigenvalue weighted by molar-refractivity contribution is 0.0695. The predicted octanol–water partition coefficient (Wildman–Crippen LogP) is 4.97. The number of anilines is 1. The van der Waals surface area contributed by atoms with Gasteiger partial charge in [-0.15, -0.1) is 0 Å². The van der Waals surface area contributed by atoms with E-state index in [0.717, 1.165) is 12.1 Å². The Morgan fingerprint density at radius 2 is 1.90 bits per heavy atom. The minimum Gasteiger partial charge on any atom is -0.477 e. The molecule has 8 heteroatoms. The van der Waals surface area contributed by atoms with E-state index in [9.17, 15) is 9.18 Å². The van der Waals surface area contributed by atoms with Crippen LogP contribution in [-0.4, -0.2) is 11.1 Å². The Kier molecular flexibility index (Phi) is 4.61. The smallest absolute Gasteiger partial charge is 0.341 e. The number of carbonyl (C=O) groups is 1. The summed E-state index contributed by atoms with van der Waals surface area (Å²) in [4.78, 5) is 11.2. The van der Waals surface area contributed by atoms with E-state index >= 15 is 0 Å². The van der Waals surface area contributed by atoms with E-state index in [-0.39, 0.29) is 16.5 Å². The summed E-state index contributed by atoms with van der Waals surface area (Å²) in [6.07, 6.45) is 0. The molecule has 0 heterocycles. The van der Waals surface area contributed by atoms with E-state index in [1.54, 1.807) is 0 Å². The average molecular weight is 395 g/mol. The molecule has 110 valence electrons. The Labute approximate surface area is 137 Å². The van der Waals surface area contributed by atoms with Gasteiger partial charge < -0.3 is 15.6 Å². The van der Waals surface area contributed by atoms with Crippen molar-refractivity contribution in [2.24, 2.45) is 0 Å². The van der Waals surface area contributed by atoms with E-state index in [4.69, 9.17) is 38.8 Å². The maximum absolute atomic E-state index is 13.4. The van der Waals surface area contributed by atoms with Gasteiger partial charge in [0.1, 0.15) is 22.9 Å². The van der Waals surface area contributed by atoms with Crippen molar-refractivity contribution in [3.8, 4) is 11.5 Å². The van der Waals surface area contributed by atoms with Crippen LogP contribution in [0, 0.1) is 5.82 Å². The lowest BCUT2D eigenvalue weighted by Crippen LogP contribution is -2.07. The predicted molar refractivity (Wildman–Crippen MR) is 82.0 cm³/mol. The zero-order valence-electron chi connectivity index (χ0n) is 10.2. The van der Waals surface area contributed by atoms with Crippen molar-refractivity contribution < 1.29 is 19.0 Å². The molecule has 0 aliphatic rings. The highest BCUT2D eigenvalue weighted by atomic mass is 79.9. The minimum atomic E-state index is -1.42. The zero-order valence-corrected chi connectivity index (χ0v) is 13.3. The van der Waals surface area contributed by atoms with Crippen LogP contribution in [0.25, 0.3) is 0 Å². The minimum absolute atomic E-state index is 0.123. The maximum Gasteiger partial charge on any atom is 0.341 e. The second-order valence-corrected chi connectivity index (χ2v) is 5.61. The SMILES string of the molecule is Nc1c(F)ccc(Oc2cc(Cl)c(Br)cc2Cl)c1C(=O)O. The van der Waals surface area contributed by atoms with Gasteiger partial charge in [-0.1, -0.05) is 23.2 Å². The van der Waals surface area contributed by atoms with E-state index in [1.807, 2.05) is 0 Å². The van der Waals surface area contributed by atoms with Crippen LogP contribution in [-0.2, 0) is 0 Å². The quantitative estimate of drug-likeness (QED) is 0.569. The average Bonchev–Trinajstić information content (AvgIpc) is 2.40. The summed E-state index contributed by atoms with van der Waals surface area (Å²) in [6, 6.07) is 5.05. The third kappa shape index (κ3) is 3.23. The second kappa shape index (κ2) is 6.09. The second-order valence-electron chi connectivity index (χ2n) is 3.94. The highest BCUT2D eigenvalue weighted by molar-refractivity contribution is 9.10. The van der Waals surface area contributed by atoms with Crippen LogP contribution in [0.2, 0.25) is 10.0 Å². The van der Waals surface area contributed by atoms with E-state index in [1.165, 1.54) is 12.1 Å². The molecular weight excluding hydrogens is 388 g/mol. The van der Waals surface area contributed by atoms with Gasteiger partial charge in [0.15, 0.2) is 0 Å². The van der Waals surface area contributed by atoms with Crippen LogP contribution in [0.15, 0.2) is 28.7 Å². The van der Waals surface area contributed by atoms with Crippen LogP contribution in [0.3, 0.4) is 0 Å². The van der Waals surface area contributed by atoms with Crippen molar-refractivity contribution in [3.63, 3.8) is 0 Å². The van der Waals surface area contributed by atoms with Crippen LogP contribution in [0.4, 0.5) is 10.1 Å². The number of hydrogen-bond donors (Lipinski definition) is 2. The number of rotatable bonds is 3. The van der Waals surface area contributed by atoms with Gasteiger partial charge in [-0.2, -0.15) is 0 Å². The highest BCUT2D eigenvalue weighted by Gasteiger charge is 2.20. The van der Waals surface area contributed by atoms with E-state index < -0.39 is 23.0 Å². The molecule has 0 aromatic heterocycles. The topological polar surface area (TPSA) is 72.5 Å². The van der Waals surface area contributed by atoms with Crippen molar-refractivity contribution in [1.29, 1.82) is 0 Å². The molecule has 0 atom stereocenters. The number of carboxylic acid groups (broad SMARTS) is 1. The van der Waals surface area contributed by atoms with Crippen LogP contribution in [0.1, 0.15) is 10.4 Å². The molecule has 0 amide bonds. The summed E-state index contributed by atoms with van der Waals surface area (Å²) in [5.74, 6) is -2.28. The molecule has 2 aromatic rings. The lowest BCUT2D eigenvalue weighted by Gasteiger charge is -2.13. The van der Waals surface area contributed by atoms with Crippen LogP contribution < -0.4 is 10.5 Å². The molecular formula is C13H7BrCl2FNO3. The van der Waals surface area contributed by atoms with E-state index in [2.05, 4.69) is 15.9 Å². The van der Waals surface area contributed by atoms with Gasteiger partial charge in [-0.05, 0) is 34.1 Å². The third-order valence-corrected chi connectivity index (χ3v) is 4.06. The van der Waals surface area contributed by atoms with Gasteiger partial charge in [0.2, 0.25) is 0 Å². The van der Waals surface area contributed by atoms with Gasteiger partial charge in [-0.3, -0.25) is 0 Å². The van der Waals surface area contributed by atoms with Crippen molar-refractivity contribution >= 4 is 50.8 Å². The molecule has 0 spiro atoms. The number of nitrogens with two attached hydrogens (primary N) is 1. The zero-order chi connectivity index (χ0) is 15.7. The molecule has 0 saturated carbocycles. The Morgan fingerprint density at radius 1 is 1.24 bits per heavy atom. The third-order valence-electron chi connectivity index (χ3n) is 2.56. The summed E-state index contributed by atoms with van der Waals surface area (Å²) in [5, 5.41) is 9.64. The first-order valence-corrected chi connectivity index (χ1v) is 6.99. The van der Waals surface area contributed by atoms with Gasteiger partial charge in [-0.25, -0.2) is 9.18 Å².